The number of rotatable bonds is 2. The van der Waals surface area contributed by atoms with Gasteiger partial charge in [0.2, 0.25) is 0 Å². The molecule has 0 N–H and O–H groups in total. The van der Waals surface area contributed by atoms with E-state index in [-0.39, 0.29) is 0 Å². The summed E-state index contributed by atoms with van der Waals surface area (Å²) < 4.78 is 30.3. The predicted molar refractivity (Wildman–Crippen MR) is 96.1 cm³/mol. The van der Waals surface area contributed by atoms with Gasteiger partial charge < -0.3 is 13.6 Å². The monoisotopic (exact) mass is 351 g/mol. The van der Waals surface area contributed by atoms with Crippen LogP contribution >= 0.6 is 7.82 Å². The molecule has 0 aliphatic carbocycles. The van der Waals surface area contributed by atoms with E-state index in [1.54, 1.807) is 60.8 Å². The van der Waals surface area contributed by atoms with Crippen molar-refractivity contribution in [1.29, 1.82) is 0 Å². The van der Waals surface area contributed by atoms with Crippen LogP contribution < -0.4 is 13.6 Å². The molecule has 6 heteroatoms. The maximum absolute atomic E-state index is 13.3. The molecule has 1 aliphatic heterocycles. The average molecular weight is 351 g/mol. The lowest BCUT2D eigenvalue weighted by molar-refractivity contribution is 0.299. The summed E-state index contributed by atoms with van der Waals surface area (Å²) in [5.74, 6) is 1.09. The summed E-state index contributed by atoms with van der Waals surface area (Å²) in [7, 11) is -3.98. The topological polar surface area (TPSA) is 57.1 Å². The summed E-state index contributed by atoms with van der Waals surface area (Å²) in [4.78, 5) is 4.41. The van der Waals surface area contributed by atoms with Gasteiger partial charge in [-0.1, -0.05) is 42.5 Å². The van der Waals surface area contributed by atoms with E-state index < -0.39 is 7.82 Å². The lowest BCUT2D eigenvalue weighted by atomic mass is 10.2. The Kier molecular flexibility index (Phi) is 4.00. The van der Waals surface area contributed by atoms with Crippen molar-refractivity contribution >= 4 is 19.7 Å². The Hall–Kier alpha value is -3.04. The molecule has 0 saturated heterocycles. The van der Waals surface area contributed by atoms with Crippen molar-refractivity contribution in [2.75, 3.05) is 0 Å². The van der Waals surface area contributed by atoms with Gasteiger partial charge in [-0.15, -0.1) is 0 Å². The highest BCUT2D eigenvalue weighted by molar-refractivity contribution is 7.49. The van der Waals surface area contributed by atoms with Crippen molar-refractivity contribution < 1.29 is 18.1 Å². The second-order valence-corrected chi connectivity index (χ2v) is 6.74. The number of fused-ring (bicyclic) bond motifs is 2. The summed E-state index contributed by atoms with van der Waals surface area (Å²) in [5.41, 5.74) is 1.22. The van der Waals surface area contributed by atoms with E-state index in [1.807, 2.05) is 24.3 Å². The third kappa shape index (κ3) is 3.42. The summed E-state index contributed by atoms with van der Waals surface area (Å²) in [6.07, 6.45) is 1.65. The van der Waals surface area contributed by atoms with E-state index in [9.17, 15) is 4.57 Å². The second kappa shape index (κ2) is 6.46. The fraction of sp³-hybridized carbons (Fsp3) is 0. The van der Waals surface area contributed by atoms with Crippen LogP contribution in [0.5, 0.6) is 17.2 Å². The van der Waals surface area contributed by atoms with Crippen LogP contribution in [0.2, 0.25) is 0 Å². The van der Waals surface area contributed by atoms with Gasteiger partial charge in [0.25, 0.3) is 0 Å². The van der Waals surface area contributed by atoms with Crippen LogP contribution in [0.25, 0.3) is 0 Å². The molecule has 3 aromatic carbocycles. The third-order valence-corrected chi connectivity index (χ3v) is 4.78. The molecule has 0 spiro atoms. The third-order valence-electron chi connectivity index (χ3n) is 3.51. The Morgan fingerprint density at radius 2 is 1.40 bits per heavy atom. The Labute approximate surface area is 145 Å². The Morgan fingerprint density at radius 1 is 0.760 bits per heavy atom. The largest absolute Gasteiger partial charge is 0.647 e. The molecule has 25 heavy (non-hydrogen) atoms. The van der Waals surface area contributed by atoms with Crippen LogP contribution in [0.15, 0.2) is 83.9 Å². The molecule has 0 fully saturated rings. The minimum absolute atomic E-state index is 0.325. The number of aliphatic imine (C=N–C) groups is 1. The molecule has 5 nitrogen and oxygen atoms in total. The highest BCUT2D eigenvalue weighted by Gasteiger charge is 2.35. The molecule has 0 radical (unpaired) electrons. The molecule has 0 bridgehead atoms. The van der Waals surface area contributed by atoms with Gasteiger partial charge in [-0.05, 0) is 36.4 Å². The van der Waals surface area contributed by atoms with Gasteiger partial charge in [0, 0.05) is 11.8 Å². The molecular formula is C19H14NO4P. The lowest BCUT2D eigenvalue weighted by Crippen LogP contribution is -2.08. The van der Waals surface area contributed by atoms with E-state index >= 15 is 0 Å². The van der Waals surface area contributed by atoms with Crippen LogP contribution in [-0.2, 0) is 4.57 Å². The molecule has 1 unspecified atom stereocenters. The fourth-order valence-corrected chi connectivity index (χ4v) is 3.65. The average Bonchev–Trinajstić information content (AvgIpc) is 2.68. The van der Waals surface area contributed by atoms with Crippen LogP contribution in [0.1, 0.15) is 5.56 Å². The minimum Gasteiger partial charge on any atom is -0.386 e. The van der Waals surface area contributed by atoms with E-state index in [4.69, 9.17) is 13.6 Å². The Morgan fingerprint density at radius 3 is 2.24 bits per heavy atom. The number of hydrogen-bond acceptors (Lipinski definition) is 5. The highest BCUT2D eigenvalue weighted by atomic mass is 31.2. The predicted octanol–water partition coefficient (Wildman–Crippen LogP) is 5.40. The van der Waals surface area contributed by atoms with Crippen LogP contribution in [-0.4, -0.2) is 6.21 Å². The summed E-state index contributed by atoms with van der Waals surface area (Å²) in [6, 6.07) is 23.0. The first-order valence-corrected chi connectivity index (χ1v) is 9.14. The van der Waals surface area contributed by atoms with E-state index in [1.165, 1.54) is 0 Å². The van der Waals surface area contributed by atoms with Crippen molar-refractivity contribution in [3.8, 4) is 17.2 Å². The first-order valence-electron chi connectivity index (χ1n) is 7.68. The maximum atomic E-state index is 13.3. The molecule has 124 valence electrons. The van der Waals surface area contributed by atoms with E-state index in [0.29, 0.717) is 28.5 Å². The second-order valence-electron chi connectivity index (χ2n) is 5.30. The van der Waals surface area contributed by atoms with E-state index in [2.05, 4.69) is 4.99 Å². The Balaban J connectivity index is 1.81. The lowest BCUT2D eigenvalue weighted by Gasteiger charge is -2.19. The number of phosphoric ester groups is 1. The van der Waals surface area contributed by atoms with Crippen molar-refractivity contribution in [2.45, 2.75) is 0 Å². The first kappa shape index (κ1) is 15.5. The van der Waals surface area contributed by atoms with Crippen molar-refractivity contribution in [1.82, 2.24) is 0 Å². The van der Waals surface area contributed by atoms with Crippen LogP contribution in [0, 0.1) is 0 Å². The molecule has 3 aromatic rings. The van der Waals surface area contributed by atoms with Gasteiger partial charge in [-0.3, -0.25) is 4.99 Å². The maximum Gasteiger partial charge on any atom is 0.647 e. The zero-order chi connectivity index (χ0) is 17.1. The molecule has 0 saturated carbocycles. The molecule has 1 heterocycles. The number of para-hydroxylation sites is 4. The van der Waals surface area contributed by atoms with Crippen LogP contribution in [0.4, 0.5) is 5.69 Å². The molecule has 1 atom stereocenters. The summed E-state index contributed by atoms with van der Waals surface area (Å²) in [5, 5.41) is 0. The first-order chi connectivity index (χ1) is 12.2. The minimum atomic E-state index is -3.98. The van der Waals surface area contributed by atoms with Gasteiger partial charge in [0.1, 0.15) is 17.2 Å². The number of phosphoric acid groups is 1. The van der Waals surface area contributed by atoms with E-state index in [0.717, 1.165) is 0 Å². The Bertz CT molecular complexity index is 916. The molecule has 1 aliphatic rings. The van der Waals surface area contributed by atoms with Gasteiger partial charge in [-0.25, -0.2) is 0 Å². The van der Waals surface area contributed by atoms with Crippen LogP contribution in [0.3, 0.4) is 0 Å². The van der Waals surface area contributed by atoms with Crippen molar-refractivity contribution in [2.24, 2.45) is 4.99 Å². The van der Waals surface area contributed by atoms with Crippen molar-refractivity contribution in [3.63, 3.8) is 0 Å². The van der Waals surface area contributed by atoms with Gasteiger partial charge >= 0.3 is 7.82 Å². The molecular weight excluding hydrogens is 337 g/mol. The standard InChI is InChI=1S/C19H14NO4P/c21-25(22-16-9-2-1-3-10-16)23-18-12-6-4-8-15(18)14-20-17-11-5-7-13-19(17)24-25/h1-14H. The fourth-order valence-electron chi connectivity index (χ4n) is 2.36. The summed E-state index contributed by atoms with van der Waals surface area (Å²) in [6.45, 7) is 0. The number of nitrogens with zero attached hydrogens (tertiary/aromatic N) is 1. The SMILES string of the molecule is O=P1(Oc2ccccc2)Oc2ccccc2C=Nc2ccccc2O1. The normalized spacial score (nSPS) is 18.4. The van der Waals surface area contributed by atoms with Crippen molar-refractivity contribution in [3.05, 3.63) is 84.4 Å². The smallest absolute Gasteiger partial charge is 0.386 e. The van der Waals surface area contributed by atoms with Gasteiger partial charge in [0.15, 0.2) is 5.75 Å². The molecule has 4 rings (SSSR count). The van der Waals surface area contributed by atoms with Gasteiger partial charge in [0.05, 0.1) is 0 Å². The number of hydrogen-bond donors (Lipinski definition) is 0. The zero-order valence-electron chi connectivity index (χ0n) is 13.1. The molecule has 0 amide bonds. The van der Waals surface area contributed by atoms with Gasteiger partial charge in [-0.2, -0.15) is 4.57 Å². The highest BCUT2D eigenvalue weighted by Crippen LogP contribution is 2.52. The summed E-state index contributed by atoms with van der Waals surface area (Å²) >= 11 is 0. The number of benzene rings is 3. The quantitative estimate of drug-likeness (QED) is 0.581. The molecule has 0 aromatic heterocycles. The zero-order valence-corrected chi connectivity index (χ0v) is 14.0.